The fourth-order valence-corrected chi connectivity index (χ4v) is 3.94. The number of nitrogens with zero attached hydrogens (tertiary/aromatic N) is 1. The fourth-order valence-electron chi connectivity index (χ4n) is 3.94. The molecule has 0 saturated heterocycles. The summed E-state index contributed by atoms with van der Waals surface area (Å²) in [5.41, 5.74) is 1.68. The minimum Gasteiger partial charge on any atom is -0.508 e. The Morgan fingerprint density at radius 2 is 1.69 bits per heavy atom. The van der Waals surface area contributed by atoms with Gasteiger partial charge in [0, 0.05) is 13.0 Å². The Morgan fingerprint density at radius 3 is 2.28 bits per heavy atom. The Kier molecular flexibility index (Phi) is 7.08. The Balaban J connectivity index is 1.92. The maximum absolute atomic E-state index is 13.0. The third kappa shape index (κ3) is 4.72. The number of phenols is 1. The van der Waals surface area contributed by atoms with Crippen molar-refractivity contribution in [2.24, 2.45) is 5.92 Å². The number of benzene rings is 2. The van der Waals surface area contributed by atoms with Crippen LogP contribution in [-0.2, 0) is 16.0 Å². The molecule has 170 valence electrons. The van der Waals surface area contributed by atoms with Crippen LogP contribution in [0.4, 0.5) is 0 Å². The molecule has 3 rings (SSSR count). The lowest BCUT2D eigenvalue weighted by Crippen LogP contribution is -2.33. The van der Waals surface area contributed by atoms with E-state index in [0.717, 1.165) is 5.56 Å². The summed E-state index contributed by atoms with van der Waals surface area (Å²) >= 11 is 0. The molecule has 32 heavy (non-hydrogen) atoms. The van der Waals surface area contributed by atoms with E-state index >= 15 is 0 Å². The van der Waals surface area contributed by atoms with E-state index in [9.17, 15) is 19.8 Å². The van der Waals surface area contributed by atoms with E-state index < -0.39 is 17.7 Å². The van der Waals surface area contributed by atoms with Gasteiger partial charge in [-0.2, -0.15) is 0 Å². The van der Waals surface area contributed by atoms with Crippen LogP contribution < -0.4 is 9.47 Å². The van der Waals surface area contributed by atoms with Crippen LogP contribution in [-0.4, -0.2) is 47.6 Å². The number of hydrogen-bond acceptors (Lipinski definition) is 6. The number of Topliss-reactive ketones (excluding diaryl/α,β-unsaturated/α-hetero) is 1. The summed E-state index contributed by atoms with van der Waals surface area (Å²) in [6.07, 6.45) is 0.713. The molecule has 1 unspecified atom stereocenters. The second-order valence-corrected chi connectivity index (χ2v) is 8.22. The van der Waals surface area contributed by atoms with E-state index in [1.807, 2.05) is 26.0 Å². The van der Waals surface area contributed by atoms with Gasteiger partial charge in [-0.25, -0.2) is 0 Å². The predicted molar refractivity (Wildman–Crippen MR) is 120 cm³/mol. The Morgan fingerprint density at radius 1 is 1.03 bits per heavy atom. The van der Waals surface area contributed by atoms with Crippen LogP contribution in [0, 0.1) is 5.92 Å². The minimum atomic E-state index is -0.713. The summed E-state index contributed by atoms with van der Waals surface area (Å²) in [6, 6.07) is 11.1. The van der Waals surface area contributed by atoms with Crippen molar-refractivity contribution in [1.82, 2.24) is 4.90 Å². The zero-order valence-corrected chi connectivity index (χ0v) is 18.8. The highest BCUT2D eigenvalue weighted by atomic mass is 16.5. The van der Waals surface area contributed by atoms with Crippen LogP contribution in [0.1, 0.15) is 37.4 Å². The van der Waals surface area contributed by atoms with Gasteiger partial charge in [0.15, 0.2) is 23.0 Å². The van der Waals surface area contributed by atoms with Gasteiger partial charge in [0.1, 0.15) is 5.75 Å². The SMILES string of the molecule is COc1ccc(CCN2C(=O)C(O)=C(C(=O)CC(C)C)C2c2ccc(O)cc2)cc1OC. The number of hydrogen-bond donors (Lipinski definition) is 2. The molecule has 0 spiro atoms. The number of methoxy groups -OCH3 is 2. The van der Waals surface area contributed by atoms with Gasteiger partial charge < -0.3 is 24.6 Å². The lowest BCUT2D eigenvalue weighted by Gasteiger charge is -2.27. The average Bonchev–Trinajstić information content (AvgIpc) is 3.02. The number of aromatic hydroxyl groups is 1. The van der Waals surface area contributed by atoms with Crippen LogP contribution in [0.2, 0.25) is 0 Å². The molecule has 0 saturated carbocycles. The van der Waals surface area contributed by atoms with E-state index in [4.69, 9.17) is 9.47 Å². The number of ketones is 1. The fraction of sp³-hybridized carbons (Fsp3) is 0.360. The predicted octanol–water partition coefficient (Wildman–Crippen LogP) is 3.96. The van der Waals surface area contributed by atoms with Gasteiger partial charge in [-0.15, -0.1) is 0 Å². The molecule has 0 fully saturated rings. The van der Waals surface area contributed by atoms with Crippen molar-refractivity contribution in [2.45, 2.75) is 32.7 Å². The molecule has 1 heterocycles. The summed E-state index contributed by atoms with van der Waals surface area (Å²) in [6.45, 7) is 4.11. The molecule has 1 amide bonds. The monoisotopic (exact) mass is 439 g/mol. The first-order valence-corrected chi connectivity index (χ1v) is 10.5. The first kappa shape index (κ1) is 23.2. The van der Waals surface area contributed by atoms with Gasteiger partial charge in [-0.3, -0.25) is 9.59 Å². The number of amides is 1. The molecule has 1 atom stereocenters. The highest BCUT2D eigenvalue weighted by Gasteiger charge is 2.43. The van der Waals surface area contributed by atoms with Crippen LogP contribution in [0.3, 0.4) is 0 Å². The van der Waals surface area contributed by atoms with E-state index in [0.29, 0.717) is 23.5 Å². The van der Waals surface area contributed by atoms with Gasteiger partial charge in [-0.1, -0.05) is 32.0 Å². The van der Waals surface area contributed by atoms with Gasteiger partial charge in [0.25, 0.3) is 5.91 Å². The molecule has 2 aromatic rings. The molecular weight excluding hydrogens is 410 g/mol. The topological polar surface area (TPSA) is 96.3 Å². The van der Waals surface area contributed by atoms with E-state index in [1.54, 1.807) is 32.4 Å². The maximum atomic E-state index is 13.0. The smallest absolute Gasteiger partial charge is 0.290 e. The Hall–Kier alpha value is -3.48. The summed E-state index contributed by atoms with van der Waals surface area (Å²) in [7, 11) is 3.12. The molecule has 2 aromatic carbocycles. The highest BCUT2D eigenvalue weighted by molar-refractivity contribution is 6.09. The van der Waals surface area contributed by atoms with E-state index in [-0.39, 0.29) is 36.0 Å². The Labute approximate surface area is 187 Å². The van der Waals surface area contributed by atoms with Gasteiger partial charge in [-0.05, 0) is 47.7 Å². The van der Waals surface area contributed by atoms with Crippen molar-refractivity contribution in [3.05, 3.63) is 64.9 Å². The quantitative estimate of drug-likeness (QED) is 0.614. The number of carbonyl (C=O) groups excluding carboxylic acids is 2. The van der Waals surface area contributed by atoms with Crippen LogP contribution in [0.15, 0.2) is 53.8 Å². The second kappa shape index (κ2) is 9.77. The molecule has 0 bridgehead atoms. The first-order valence-electron chi connectivity index (χ1n) is 10.5. The molecule has 7 heteroatoms. The number of aliphatic hydroxyl groups excluding tert-OH is 1. The van der Waals surface area contributed by atoms with Crippen LogP contribution in [0.25, 0.3) is 0 Å². The number of aliphatic hydroxyl groups is 1. The Bertz CT molecular complexity index is 1030. The number of ether oxygens (including phenoxy) is 2. The second-order valence-electron chi connectivity index (χ2n) is 8.22. The number of rotatable bonds is 9. The number of phenolic OH excluding ortho intramolecular Hbond substituents is 1. The molecule has 0 aromatic heterocycles. The normalized spacial score (nSPS) is 16.1. The van der Waals surface area contributed by atoms with Crippen LogP contribution in [0.5, 0.6) is 17.2 Å². The molecule has 1 aliphatic rings. The van der Waals surface area contributed by atoms with Crippen molar-refractivity contribution in [1.29, 1.82) is 0 Å². The summed E-state index contributed by atoms with van der Waals surface area (Å²) in [5, 5.41) is 20.3. The van der Waals surface area contributed by atoms with Gasteiger partial charge in [0.05, 0.1) is 25.8 Å². The van der Waals surface area contributed by atoms with Crippen molar-refractivity contribution in [2.75, 3.05) is 20.8 Å². The van der Waals surface area contributed by atoms with Crippen molar-refractivity contribution in [3.8, 4) is 17.2 Å². The molecule has 0 aliphatic carbocycles. The van der Waals surface area contributed by atoms with Gasteiger partial charge >= 0.3 is 0 Å². The lowest BCUT2D eigenvalue weighted by atomic mass is 9.92. The average molecular weight is 440 g/mol. The zero-order valence-electron chi connectivity index (χ0n) is 18.8. The molecular formula is C25H29NO6. The standard InChI is InChI=1S/C25H29NO6/c1-15(2)13-19(28)22-23(17-6-8-18(27)9-7-17)26(25(30)24(22)29)12-11-16-5-10-20(31-3)21(14-16)32-4/h5-10,14-15,23,27,29H,11-13H2,1-4H3. The molecule has 2 N–H and O–H groups in total. The summed E-state index contributed by atoms with van der Waals surface area (Å²) < 4.78 is 10.6. The van der Waals surface area contributed by atoms with Crippen molar-refractivity contribution >= 4 is 11.7 Å². The van der Waals surface area contributed by atoms with Crippen molar-refractivity contribution in [3.63, 3.8) is 0 Å². The third-order valence-corrected chi connectivity index (χ3v) is 5.50. The summed E-state index contributed by atoms with van der Waals surface area (Å²) in [5.74, 6) is 0.0320. The van der Waals surface area contributed by atoms with E-state index in [1.165, 1.54) is 17.0 Å². The minimum absolute atomic E-state index is 0.0817. The highest BCUT2D eigenvalue weighted by Crippen LogP contribution is 2.39. The largest absolute Gasteiger partial charge is 0.508 e. The maximum Gasteiger partial charge on any atom is 0.290 e. The van der Waals surface area contributed by atoms with Crippen LogP contribution >= 0.6 is 0 Å². The molecule has 1 aliphatic heterocycles. The van der Waals surface area contributed by atoms with Gasteiger partial charge in [0.2, 0.25) is 0 Å². The zero-order chi connectivity index (χ0) is 23.4. The lowest BCUT2D eigenvalue weighted by molar-refractivity contribution is -0.129. The summed E-state index contributed by atoms with van der Waals surface area (Å²) in [4.78, 5) is 27.4. The van der Waals surface area contributed by atoms with E-state index in [2.05, 4.69) is 0 Å². The van der Waals surface area contributed by atoms with Crippen molar-refractivity contribution < 1.29 is 29.3 Å². The molecule has 0 radical (unpaired) electrons. The third-order valence-electron chi connectivity index (χ3n) is 5.50. The number of carbonyl (C=O) groups is 2. The first-order chi connectivity index (χ1) is 15.3. The molecule has 7 nitrogen and oxygen atoms in total.